The highest BCUT2D eigenvalue weighted by Crippen LogP contribution is 2.45. The molecule has 0 aliphatic rings. The molecule has 0 aliphatic heterocycles. The number of carbonyl (C=O) groups excluding carboxylic acids is 4. The Labute approximate surface area is 658 Å². The Kier molecular flexibility index (Phi) is 76.6. The minimum atomic E-state index is -4.97. The number of phosphoric ester groups is 2. The molecular weight excluding hydrogens is 1390 g/mol. The molecule has 0 saturated carbocycles. The van der Waals surface area contributed by atoms with Gasteiger partial charge in [-0.1, -0.05) is 414 Å². The number of esters is 4. The van der Waals surface area contributed by atoms with Crippen molar-refractivity contribution in [2.45, 2.75) is 484 Å². The fourth-order valence-corrected chi connectivity index (χ4v) is 15.2. The Morgan fingerprint density at radius 1 is 0.271 bits per heavy atom. The van der Waals surface area contributed by atoms with Crippen molar-refractivity contribution in [3.8, 4) is 0 Å². The zero-order chi connectivity index (χ0) is 78.6. The van der Waals surface area contributed by atoms with E-state index in [1.807, 2.05) is 0 Å². The number of ether oxygens (including phenoxy) is 4. The number of hydrogen-bond donors (Lipinski definition) is 3. The van der Waals surface area contributed by atoms with Crippen molar-refractivity contribution in [2.24, 2.45) is 17.8 Å². The third-order valence-electron chi connectivity index (χ3n) is 21.4. The van der Waals surface area contributed by atoms with Gasteiger partial charge in [-0.05, 0) is 43.4 Å². The third kappa shape index (κ3) is 79.1. The first-order valence-corrected chi connectivity index (χ1v) is 48.4. The van der Waals surface area contributed by atoms with Crippen LogP contribution in [0.5, 0.6) is 0 Å². The highest BCUT2D eigenvalue weighted by Gasteiger charge is 2.31. The first kappa shape index (κ1) is 105. The molecule has 19 heteroatoms. The fourth-order valence-electron chi connectivity index (χ4n) is 13.7. The lowest BCUT2D eigenvalue weighted by molar-refractivity contribution is -0.161. The summed E-state index contributed by atoms with van der Waals surface area (Å²) in [7, 11) is -9.93. The maximum Gasteiger partial charge on any atom is 0.472 e. The van der Waals surface area contributed by atoms with Crippen LogP contribution in [-0.2, 0) is 65.4 Å². The summed E-state index contributed by atoms with van der Waals surface area (Å²) in [6.07, 6.45) is 69.4. The molecule has 636 valence electrons. The van der Waals surface area contributed by atoms with Crippen LogP contribution >= 0.6 is 15.6 Å². The van der Waals surface area contributed by atoms with E-state index in [2.05, 4.69) is 48.5 Å². The standard InChI is InChI=1S/C88H172O17P2/c1-8-11-12-13-14-15-16-17-18-19-20-21-22-23-24-29-32-35-41-50-57-64-71-87(92)104-83(75-98-85(90)69-62-55-48-40-34-31-28-26-25-27-30-33-38-45-52-59-66-79(4)5)77-102-106(94,95)100-73-82(89)74-101-107(96,97)103-78-84(76-99-86(91)70-63-56-49-44-43-47-54-61-68-81(7)10-3)105-88(93)72-65-58-51-42-37-36-39-46-53-60-67-80(6)9-2/h79-84,89H,8-78H2,1-7H3,(H,94,95)(H,96,97)/t80?,81?,82-,83-,84-/m1/s1. The first-order valence-electron chi connectivity index (χ1n) is 45.4. The lowest BCUT2D eigenvalue weighted by Gasteiger charge is -2.21. The molecule has 0 amide bonds. The maximum atomic E-state index is 13.2. The molecule has 0 spiro atoms. The second-order valence-electron chi connectivity index (χ2n) is 32.6. The quantitative estimate of drug-likeness (QED) is 0.0222. The van der Waals surface area contributed by atoms with E-state index in [1.54, 1.807) is 0 Å². The van der Waals surface area contributed by atoms with Gasteiger partial charge in [-0.15, -0.1) is 0 Å². The Morgan fingerprint density at radius 3 is 0.710 bits per heavy atom. The number of phosphoric acid groups is 2. The Hall–Kier alpha value is -1.94. The zero-order valence-electron chi connectivity index (χ0n) is 70.6. The van der Waals surface area contributed by atoms with Crippen molar-refractivity contribution in [1.29, 1.82) is 0 Å². The predicted octanol–water partition coefficient (Wildman–Crippen LogP) is 26.9. The lowest BCUT2D eigenvalue weighted by atomic mass is 9.99. The van der Waals surface area contributed by atoms with E-state index >= 15 is 0 Å². The smallest absolute Gasteiger partial charge is 0.462 e. The molecule has 0 aromatic rings. The van der Waals surface area contributed by atoms with Crippen molar-refractivity contribution >= 4 is 39.5 Å². The number of carbonyl (C=O) groups is 4. The highest BCUT2D eigenvalue weighted by atomic mass is 31.2. The molecule has 17 nitrogen and oxygen atoms in total. The maximum absolute atomic E-state index is 13.2. The average molecular weight is 1560 g/mol. The number of hydrogen-bond acceptors (Lipinski definition) is 15. The van der Waals surface area contributed by atoms with Gasteiger partial charge < -0.3 is 33.8 Å². The molecule has 0 aromatic carbocycles. The largest absolute Gasteiger partial charge is 0.472 e. The minimum Gasteiger partial charge on any atom is -0.462 e. The van der Waals surface area contributed by atoms with Crippen molar-refractivity contribution < 1.29 is 80.2 Å². The number of aliphatic hydroxyl groups excluding tert-OH is 1. The molecule has 0 radical (unpaired) electrons. The molecule has 0 aromatic heterocycles. The molecule has 0 heterocycles. The number of unbranched alkanes of at least 4 members (excludes halogenated alkanes) is 52. The molecule has 107 heavy (non-hydrogen) atoms. The molecular formula is C88H172O17P2. The van der Waals surface area contributed by atoms with E-state index in [-0.39, 0.29) is 25.7 Å². The van der Waals surface area contributed by atoms with Crippen LogP contribution in [0.15, 0.2) is 0 Å². The molecule has 4 unspecified atom stereocenters. The van der Waals surface area contributed by atoms with E-state index in [0.29, 0.717) is 25.7 Å². The number of rotatable bonds is 86. The summed E-state index contributed by atoms with van der Waals surface area (Å²) < 4.78 is 69.0. The molecule has 0 saturated heterocycles. The monoisotopic (exact) mass is 1560 g/mol. The summed E-state index contributed by atoms with van der Waals surface area (Å²) in [5, 5.41) is 10.7. The van der Waals surface area contributed by atoms with Gasteiger partial charge in [0.1, 0.15) is 19.3 Å². The van der Waals surface area contributed by atoms with Crippen LogP contribution in [0.25, 0.3) is 0 Å². The van der Waals surface area contributed by atoms with Crippen molar-refractivity contribution in [3.63, 3.8) is 0 Å². The fraction of sp³-hybridized carbons (Fsp3) is 0.955. The van der Waals surface area contributed by atoms with Gasteiger partial charge in [0.05, 0.1) is 26.4 Å². The van der Waals surface area contributed by atoms with Gasteiger partial charge in [-0.2, -0.15) is 0 Å². The van der Waals surface area contributed by atoms with Gasteiger partial charge in [-0.25, -0.2) is 9.13 Å². The Balaban J connectivity index is 5.24. The van der Waals surface area contributed by atoms with Gasteiger partial charge in [0.2, 0.25) is 0 Å². The summed E-state index contributed by atoms with van der Waals surface area (Å²) in [5.41, 5.74) is 0. The summed E-state index contributed by atoms with van der Waals surface area (Å²) in [4.78, 5) is 73.3. The van der Waals surface area contributed by atoms with Crippen LogP contribution in [0.3, 0.4) is 0 Å². The van der Waals surface area contributed by atoms with Crippen molar-refractivity contribution in [3.05, 3.63) is 0 Å². The minimum absolute atomic E-state index is 0.106. The SMILES string of the molecule is CCCCCCCCCCCCCCCCCCCCCCCCC(=O)O[C@H](COC(=O)CCCCCCCCCCCCCCCCCCC(C)C)COP(=O)(O)OC[C@@H](O)COP(=O)(O)OC[C@@H](COC(=O)CCCCCCCCCCC(C)CC)OC(=O)CCCCCCCCCCCCC(C)CC. The average Bonchev–Trinajstić information content (AvgIpc) is 0.904. The Morgan fingerprint density at radius 2 is 0.477 bits per heavy atom. The second-order valence-corrected chi connectivity index (χ2v) is 35.5. The van der Waals surface area contributed by atoms with Crippen LogP contribution < -0.4 is 0 Å². The van der Waals surface area contributed by atoms with Gasteiger partial charge >= 0.3 is 39.5 Å². The van der Waals surface area contributed by atoms with Crippen LogP contribution in [-0.4, -0.2) is 96.7 Å². The van der Waals surface area contributed by atoms with Crippen LogP contribution in [0.1, 0.15) is 466 Å². The summed E-state index contributed by atoms with van der Waals surface area (Å²) in [5.74, 6) is 0.289. The van der Waals surface area contributed by atoms with Crippen molar-refractivity contribution in [1.82, 2.24) is 0 Å². The van der Waals surface area contributed by atoms with Gasteiger partial charge in [0.15, 0.2) is 12.2 Å². The summed E-state index contributed by atoms with van der Waals surface area (Å²) >= 11 is 0. The molecule has 0 fully saturated rings. The van der Waals surface area contributed by atoms with Crippen molar-refractivity contribution in [2.75, 3.05) is 39.6 Å². The van der Waals surface area contributed by atoms with Gasteiger partial charge in [0, 0.05) is 25.7 Å². The van der Waals surface area contributed by atoms with E-state index in [4.69, 9.17) is 37.0 Å². The van der Waals surface area contributed by atoms with E-state index in [1.165, 1.54) is 276 Å². The first-order chi connectivity index (χ1) is 51.8. The Bertz CT molecular complexity index is 2060. The molecule has 3 N–H and O–H groups in total. The highest BCUT2D eigenvalue weighted by molar-refractivity contribution is 7.47. The van der Waals surface area contributed by atoms with Crippen LogP contribution in [0, 0.1) is 17.8 Å². The van der Waals surface area contributed by atoms with Gasteiger partial charge in [0.25, 0.3) is 0 Å². The molecule has 7 atom stereocenters. The van der Waals surface area contributed by atoms with E-state index in [0.717, 1.165) is 108 Å². The lowest BCUT2D eigenvalue weighted by Crippen LogP contribution is -2.30. The topological polar surface area (TPSA) is 237 Å². The van der Waals surface area contributed by atoms with E-state index in [9.17, 15) is 43.2 Å². The molecule has 0 rings (SSSR count). The summed E-state index contributed by atoms with van der Waals surface area (Å²) in [6.45, 7) is 12.0. The van der Waals surface area contributed by atoms with Gasteiger partial charge in [-0.3, -0.25) is 37.3 Å². The second kappa shape index (κ2) is 78.0. The normalized spacial score (nSPS) is 14.3. The summed E-state index contributed by atoms with van der Waals surface area (Å²) in [6, 6.07) is 0. The molecule has 0 bridgehead atoms. The zero-order valence-corrected chi connectivity index (χ0v) is 72.4. The molecule has 0 aliphatic carbocycles. The predicted molar refractivity (Wildman–Crippen MR) is 441 cm³/mol. The number of aliphatic hydroxyl groups is 1. The van der Waals surface area contributed by atoms with Crippen LogP contribution in [0.4, 0.5) is 0 Å². The van der Waals surface area contributed by atoms with E-state index < -0.39 is 97.5 Å². The van der Waals surface area contributed by atoms with Crippen LogP contribution in [0.2, 0.25) is 0 Å². The third-order valence-corrected chi connectivity index (χ3v) is 23.3.